The molecule has 0 bridgehead atoms. The number of hydrogen-bond acceptors (Lipinski definition) is 4. The van der Waals surface area contributed by atoms with Gasteiger partial charge in [0.25, 0.3) is 5.91 Å². The van der Waals surface area contributed by atoms with E-state index in [1.54, 1.807) is 0 Å². The van der Waals surface area contributed by atoms with Crippen LogP contribution in [0.25, 0.3) is 0 Å². The van der Waals surface area contributed by atoms with E-state index in [-0.39, 0.29) is 5.91 Å². The summed E-state index contributed by atoms with van der Waals surface area (Å²) in [6, 6.07) is 0. The summed E-state index contributed by atoms with van der Waals surface area (Å²) in [6.07, 6.45) is 0. The van der Waals surface area contributed by atoms with Crippen LogP contribution < -0.4 is 5.73 Å². The Morgan fingerprint density at radius 1 is 1.59 bits per heavy atom. The van der Waals surface area contributed by atoms with Crippen molar-refractivity contribution >= 4 is 17.2 Å². The Labute approximate surface area is 105 Å². The summed E-state index contributed by atoms with van der Waals surface area (Å²) in [7, 11) is 0. The second-order valence-electron chi connectivity index (χ2n) is 5.58. The molecule has 2 unspecified atom stereocenters. The van der Waals surface area contributed by atoms with E-state index in [1.165, 1.54) is 11.3 Å². The van der Waals surface area contributed by atoms with Gasteiger partial charge in [0.1, 0.15) is 10.7 Å². The van der Waals surface area contributed by atoms with E-state index < -0.39 is 0 Å². The summed E-state index contributed by atoms with van der Waals surface area (Å²) in [4.78, 5) is 18.4. The van der Waals surface area contributed by atoms with E-state index in [0.717, 1.165) is 18.1 Å². The van der Waals surface area contributed by atoms with Crippen molar-refractivity contribution in [3.05, 3.63) is 16.1 Å². The highest BCUT2D eigenvalue weighted by molar-refractivity contribution is 7.09. The number of amides is 1. The van der Waals surface area contributed by atoms with Crippen LogP contribution in [0.15, 0.2) is 5.38 Å². The van der Waals surface area contributed by atoms with Crippen LogP contribution >= 0.6 is 11.3 Å². The number of aromatic nitrogens is 1. The van der Waals surface area contributed by atoms with Crippen LogP contribution in [-0.4, -0.2) is 28.9 Å². The Balaban J connectivity index is 1.69. The molecule has 17 heavy (non-hydrogen) atoms. The summed E-state index contributed by atoms with van der Waals surface area (Å²) < 4.78 is 0. The molecule has 2 fully saturated rings. The lowest BCUT2D eigenvalue weighted by Crippen LogP contribution is -2.33. The number of piperidine rings is 1. The smallest absolute Gasteiger partial charge is 0.273 e. The first-order valence-electron chi connectivity index (χ1n) is 5.97. The number of hydrogen-bond donors (Lipinski definition) is 1. The molecule has 0 spiro atoms. The molecule has 2 aliphatic rings. The minimum Gasteiger partial charge on any atom is -0.337 e. The maximum absolute atomic E-state index is 12.2. The molecule has 4 nitrogen and oxygen atoms in total. The Morgan fingerprint density at radius 2 is 2.24 bits per heavy atom. The maximum atomic E-state index is 12.2. The molecule has 1 aliphatic heterocycles. The van der Waals surface area contributed by atoms with Gasteiger partial charge in [0, 0.05) is 25.0 Å². The Morgan fingerprint density at radius 3 is 2.76 bits per heavy atom. The highest BCUT2D eigenvalue weighted by atomic mass is 32.1. The summed E-state index contributed by atoms with van der Waals surface area (Å²) in [5.41, 5.74) is 6.51. The van der Waals surface area contributed by atoms with Crippen molar-refractivity contribution in [2.24, 2.45) is 23.0 Å². The molecule has 1 aliphatic carbocycles. The molecule has 0 radical (unpaired) electrons. The zero-order chi connectivity index (χ0) is 12.2. The van der Waals surface area contributed by atoms with Gasteiger partial charge in [0.2, 0.25) is 0 Å². The normalized spacial score (nSPS) is 29.2. The van der Waals surface area contributed by atoms with E-state index in [4.69, 9.17) is 5.73 Å². The van der Waals surface area contributed by atoms with Crippen molar-refractivity contribution < 1.29 is 4.79 Å². The highest BCUT2D eigenvalue weighted by Crippen LogP contribution is 2.62. The van der Waals surface area contributed by atoms with E-state index in [9.17, 15) is 4.79 Å². The fraction of sp³-hybridized carbons (Fsp3) is 0.667. The zero-order valence-electron chi connectivity index (χ0n) is 10.1. The van der Waals surface area contributed by atoms with Crippen molar-refractivity contribution in [2.45, 2.75) is 20.4 Å². The van der Waals surface area contributed by atoms with E-state index in [1.807, 2.05) is 10.3 Å². The summed E-state index contributed by atoms with van der Waals surface area (Å²) >= 11 is 1.46. The first kappa shape index (κ1) is 11.2. The maximum Gasteiger partial charge on any atom is 0.273 e. The molecule has 1 saturated heterocycles. The van der Waals surface area contributed by atoms with Crippen LogP contribution in [0.1, 0.15) is 29.3 Å². The molecule has 1 saturated carbocycles. The molecule has 2 heterocycles. The number of carbonyl (C=O) groups is 1. The van der Waals surface area contributed by atoms with Crippen LogP contribution in [0.3, 0.4) is 0 Å². The van der Waals surface area contributed by atoms with Gasteiger partial charge in [-0.05, 0) is 17.3 Å². The third-order valence-electron chi connectivity index (χ3n) is 4.35. The lowest BCUT2D eigenvalue weighted by atomic mass is 10.1. The van der Waals surface area contributed by atoms with Crippen molar-refractivity contribution in [1.29, 1.82) is 0 Å². The first-order valence-corrected chi connectivity index (χ1v) is 6.85. The lowest BCUT2D eigenvalue weighted by Gasteiger charge is -2.21. The van der Waals surface area contributed by atoms with Gasteiger partial charge in [-0.25, -0.2) is 4.98 Å². The van der Waals surface area contributed by atoms with Crippen LogP contribution in [0.2, 0.25) is 0 Å². The second-order valence-corrected chi connectivity index (χ2v) is 6.52. The molecule has 1 aromatic heterocycles. The molecule has 1 amide bonds. The van der Waals surface area contributed by atoms with Crippen LogP contribution in [-0.2, 0) is 6.54 Å². The van der Waals surface area contributed by atoms with Gasteiger partial charge in [0.05, 0.1) is 0 Å². The predicted octanol–water partition coefficient (Wildman–Crippen LogP) is 1.33. The third kappa shape index (κ3) is 1.60. The fourth-order valence-corrected chi connectivity index (χ4v) is 3.61. The summed E-state index contributed by atoms with van der Waals surface area (Å²) in [5.74, 6) is 1.46. The fourth-order valence-electron chi connectivity index (χ4n) is 2.96. The zero-order valence-corrected chi connectivity index (χ0v) is 11.0. The third-order valence-corrected chi connectivity index (χ3v) is 5.23. The molecule has 3 rings (SSSR count). The Kier molecular flexibility index (Phi) is 2.32. The molecular weight excluding hydrogens is 234 g/mol. The highest BCUT2D eigenvalue weighted by Gasteiger charge is 2.62. The van der Waals surface area contributed by atoms with Gasteiger partial charge in [-0.15, -0.1) is 11.3 Å². The van der Waals surface area contributed by atoms with Gasteiger partial charge in [0.15, 0.2) is 0 Å². The van der Waals surface area contributed by atoms with Crippen molar-refractivity contribution in [3.8, 4) is 0 Å². The number of fused-ring (bicyclic) bond motifs is 1. The topological polar surface area (TPSA) is 59.2 Å². The first-order chi connectivity index (χ1) is 8.04. The number of nitrogens with zero attached hydrogens (tertiary/aromatic N) is 2. The van der Waals surface area contributed by atoms with Gasteiger partial charge < -0.3 is 10.6 Å². The van der Waals surface area contributed by atoms with Crippen molar-refractivity contribution in [3.63, 3.8) is 0 Å². The number of carbonyl (C=O) groups excluding carboxylic acids is 1. The minimum atomic E-state index is 0.0731. The molecular formula is C12H17N3OS. The lowest BCUT2D eigenvalue weighted by molar-refractivity contribution is 0.0753. The van der Waals surface area contributed by atoms with Gasteiger partial charge in [-0.3, -0.25) is 4.79 Å². The SMILES string of the molecule is CC1(C)C2CN(C(=O)c3csc(CN)n3)CC21. The van der Waals surface area contributed by atoms with Gasteiger partial charge >= 0.3 is 0 Å². The minimum absolute atomic E-state index is 0.0731. The van der Waals surface area contributed by atoms with Crippen LogP contribution in [0.5, 0.6) is 0 Å². The predicted molar refractivity (Wildman–Crippen MR) is 66.7 cm³/mol. The Bertz CT molecular complexity index is 454. The molecule has 2 atom stereocenters. The number of nitrogens with two attached hydrogens (primary N) is 1. The number of likely N-dealkylation sites (tertiary alicyclic amines) is 1. The standard InChI is InChI=1S/C12H17N3OS/c1-12(2)7-4-15(5-8(7)12)11(16)9-6-17-10(3-13)14-9/h6-8H,3-5,13H2,1-2H3. The summed E-state index contributed by atoms with van der Waals surface area (Å²) in [5, 5.41) is 2.65. The average molecular weight is 251 g/mol. The quantitative estimate of drug-likeness (QED) is 0.862. The Hall–Kier alpha value is -0.940. The number of rotatable bonds is 2. The largest absolute Gasteiger partial charge is 0.337 e. The van der Waals surface area contributed by atoms with E-state index in [0.29, 0.717) is 29.5 Å². The molecule has 1 aromatic rings. The van der Waals surface area contributed by atoms with Crippen molar-refractivity contribution in [2.75, 3.05) is 13.1 Å². The van der Waals surface area contributed by atoms with Crippen LogP contribution in [0, 0.1) is 17.3 Å². The molecule has 2 N–H and O–H groups in total. The van der Waals surface area contributed by atoms with E-state index >= 15 is 0 Å². The molecule has 5 heteroatoms. The molecule has 92 valence electrons. The van der Waals surface area contributed by atoms with Gasteiger partial charge in [-0.1, -0.05) is 13.8 Å². The second kappa shape index (κ2) is 3.53. The number of thiazole rings is 1. The molecule has 0 aromatic carbocycles. The van der Waals surface area contributed by atoms with Crippen LogP contribution in [0.4, 0.5) is 0 Å². The average Bonchev–Trinajstić information content (AvgIpc) is 2.81. The van der Waals surface area contributed by atoms with E-state index in [2.05, 4.69) is 18.8 Å². The summed E-state index contributed by atoms with van der Waals surface area (Å²) in [6.45, 7) is 6.78. The van der Waals surface area contributed by atoms with Gasteiger partial charge in [-0.2, -0.15) is 0 Å². The van der Waals surface area contributed by atoms with Crippen molar-refractivity contribution in [1.82, 2.24) is 9.88 Å². The monoisotopic (exact) mass is 251 g/mol.